The first-order valence-corrected chi connectivity index (χ1v) is 11.2. The van der Waals surface area contributed by atoms with E-state index in [1.54, 1.807) is 19.2 Å². The number of aliphatic hydroxyl groups excluding tert-OH is 1. The first-order valence-electron chi connectivity index (χ1n) is 10.4. The molecular weight excluding hydrogens is 440 g/mol. The number of ether oxygens (including phenoxy) is 1. The van der Waals surface area contributed by atoms with E-state index < -0.39 is 23.5 Å². The van der Waals surface area contributed by atoms with Crippen molar-refractivity contribution in [3.05, 3.63) is 89.1 Å². The van der Waals surface area contributed by atoms with Crippen LogP contribution in [0.25, 0.3) is 10.2 Å². The lowest BCUT2D eigenvalue weighted by Gasteiger charge is -2.24. The van der Waals surface area contributed by atoms with Crippen LogP contribution in [-0.2, 0) is 11.2 Å². The molecule has 3 heterocycles. The smallest absolute Gasteiger partial charge is 0.296 e. The highest BCUT2D eigenvalue weighted by Gasteiger charge is 2.46. The fraction of sp³-hybridized carbons (Fsp3) is 0.160. The Morgan fingerprint density at radius 2 is 2.00 bits per heavy atom. The Kier molecular flexibility index (Phi) is 5.22. The molecular formula is C25H20N2O5S. The zero-order valence-electron chi connectivity index (χ0n) is 17.9. The summed E-state index contributed by atoms with van der Waals surface area (Å²) in [4.78, 5) is 32.5. The van der Waals surface area contributed by atoms with Gasteiger partial charge in [-0.15, -0.1) is 0 Å². The summed E-state index contributed by atoms with van der Waals surface area (Å²) in [5.41, 5.74) is 2.47. The van der Waals surface area contributed by atoms with Gasteiger partial charge in [0.2, 0.25) is 5.78 Å². The third-order valence-corrected chi connectivity index (χ3v) is 6.71. The number of methoxy groups -OCH3 is 1. The molecule has 0 aliphatic carbocycles. The Morgan fingerprint density at radius 3 is 2.67 bits per heavy atom. The van der Waals surface area contributed by atoms with Gasteiger partial charge in [0.1, 0.15) is 5.75 Å². The van der Waals surface area contributed by atoms with Crippen LogP contribution in [-0.4, -0.2) is 28.9 Å². The van der Waals surface area contributed by atoms with Gasteiger partial charge in [-0.3, -0.25) is 14.5 Å². The van der Waals surface area contributed by atoms with Crippen molar-refractivity contribution in [1.82, 2.24) is 4.98 Å². The third-order valence-electron chi connectivity index (χ3n) is 5.69. The Hall–Kier alpha value is -3.91. The Labute approximate surface area is 193 Å². The van der Waals surface area contributed by atoms with Crippen molar-refractivity contribution >= 4 is 38.4 Å². The van der Waals surface area contributed by atoms with Crippen molar-refractivity contribution in [2.24, 2.45) is 0 Å². The van der Waals surface area contributed by atoms with Gasteiger partial charge in [-0.1, -0.05) is 42.5 Å². The number of ketones is 1. The van der Waals surface area contributed by atoms with Gasteiger partial charge >= 0.3 is 0 Å². The predicted octanol–water partition coefficient (Wildman–Crippen LogP) is 5.24. The average molecular weight is 461 g/mol. The summed E-state index contributed by atoms with van der Waals surface area (Å²) < 4.78 is 11.4. The number of fused-ring (bicyclic) bond motifs is 1. The van der Waals surface area contributed by atoms with E-state index in [0.717, 1.165) is 16.7 Å². The maximum atomic E-state index is 13.3. The number of anilines is 1. The van der Waals surface area contributed by atoms with E-state index in [0.29, 0.717) is 22.0 Å². The summed E-state index contributed by atoms with van der Waals surface area (Å²) in [6.45, 7) is 2.05. The summed E-state index contributed by atoms with van der Waals surface area (Å²) in [7, 11) is 1.58. The maximum Gasteiger partial charge on any atom is 0.296 e. The van der Waals surface area contributed by atoms with Gasteiger partial charge in [-0.25, -0.2) is 4.98 Å². The fourth-order valence-electron chi connectivity index (χ4n) is 3.95. The van der Waals surface area contributed by atoms with Crippen LogP contribution < -0.4 is 9.64 Å². The number of carbonyl (C=O) groups excluding carboxylic acids is 2. The molecule has 1 atom stereocenters. The number of carbonyl (C=O) groups is 2. The van der Waals surface area contributed by atoms with E-state index in [2.05, 4.69) is 4.98 Å². The zero-order valence-corrected chi connectivity index (χ0v) is 18.8. The van der Waals surface area contributed by atoms with Gasteiger partial charge in [-0.2, -0.15) is 0 Å². The van der Waals surface area contributed by atoms with Gasteiger partial charge in [0.05, 0.1) is 35.2 Å². The summed E-state index contributed by atoms with van der Waals surface area (Å²) in [5.74, 6) is -1.10. The molecule has 8 heteroatoms. The molecule has 1 aliphatic rings. The molecule has 2 aromatic carbocycles. The second-order valence-corrected chi connectivity index (χ2v) is 8.58. The van der Waals surface area contributed by atoms with Gasteiger partial charge in [0, 0.05) is 0 Å². The molecule has 0 saturated carbocycles. The number of aryl methyl sites for hydroxylation is 1. The minimum atomic E-state index is -0.844. The second-order valence-electron chi connectivity index (χ2n) is 7.57. The number of benzene rings is 2. The molecule has 0 spiro atoms. The highest BCUT2D eigenvalue weighted by Crippen LogP contribution is 2.44. The van der Waals surface area contributed by atoms with Crippen molar-refractivity contribution in [3.63, 3.8) is 0 Å². The third kappa shape index (κ3) is 3.48. The highest BCUT2D eigenvalue weighted by atomic mass is 32.1. The molecule has 1 amide bonds. The van der Waals surface area contributed by atoms with Crippen LogP contribution >= 0.6 is 11.3 Å². The SMILES string of the molecule is CCc1ccc(C2C(C(=O)c3ccco3)=C(O)C(=O)N2c2nc3ccc(OC)cc3s2)cc1. The Bertz CT molecular complexity index is 1390. The van der Waals surface area contributed by atoms with Crippen LogP contribution in [0.15, 0.2) is 76.6 Å². The number of aromatic nitrogens is 1. The van der Waals surface area contributed by atoms with Crippen molar-refractivity contribution in [2.45, 2.75) is 19.4 Å². The number of hydrogen-bond donors (Lipinski definition) is 1. The van der Waals surface area contributed by atoms with E-state index >= 15 is 0 Å². The molecule has 0 fully saturated rings. The lowest BCUT2D eigenvalue weighted by molar-refractivity contribution is -0.117. The fourth-order valence-corrected chi connectivity index (χ4v) is 4.97. The number of amides is 1. The number of furan rings is 1. The number of thiazole rings is 1. The number of aliphatic hydroxyl groups is 1. The van der Waals surface area contributed by atoms with Crippen LogP contribution in [0, 0.1) is 0 Å². The topological polar surface area (TPSA) is 92.9 Å². The molecule has 1 N–H and O–H groups in total. The largest absolute Gasteiger partial charge is 0.503 e. The molecule has 7 nitrogen and oxygen atoms in total. The van der Waals surface area contributed by atoms with Gasteiger partial charge in [0.25, 0.3) is 5.91 Å². The number of hydrogen-bond acceptors (Lipinski definition) is 7. The van der Waals surface area contributed by atoms with Crippen LogP contribution in [0.5, 0.6) is 5.75 Å². The lowest BCUT2D eigenvalue weighted by Crippen LogP contribution is -2.30. The van der Waals surface area contributed by atoms with Crippen LogP contribution in [0.1, 0.15) is 34.6 Å². The molecule has 33 heavy (non-hydrogen) atoms. The van der Waals surface area contributed by atoms with Crippen LogP contribution in [0.2, 0.25) is 0 Å². The standard InChI is InChI=1S/C25H20N2O5S/c1-3-14-6-8-15(9-7-14)21-20(22(28)18-5-4-12-32-18)23(29)24(30)27(21)25-26-17-11-10-16(31-2)13-19(17)33-25/h4-13,21,29H,3H2,1-2H3. The molecule has 0 radical (unpaired) electrons. The van der Waals surface area contributed by atoms with Crippen molar-refractivity contribution in [3.8, 4) is 5.75 Å². The highest BCUT2D eigenvalue weighted by molar-refractivity contribution is 7.22. The summed E-state index contributed by atoms with van der Waals surface area (Å²) >= 11 is 1.29. The van der Waals surface area contributed by atoms with E-state index in [9.17, 15) is 14.7 Å². The summed E-state index contributed by atoms with van der Waals surface area (Å²) in [6.07, 6.45) is 2.23. The molecule has 0 saturated heterocycles. The minimum Gasteiger partial charge on any atom is -0.503 e. The molecule has 5 rings (SSSR count). The normalized spacial score (nSPS) is 16.1. The summed E-state index contributed by atoms with van der Waals surface area (Å²) in [5, 5.41) is 11.2. The Balaban J connectivity index is 1.66. The van der Waals surface area contributed by atoms with Crippen molar-refractivity contribution < 1.29 is 23.8 Å². The van der Waals surface area contributed by atoms with Gasteiger partial charge in [0.15, 0.2) is 16.7 Å². The van der Waals surface area contributed by atoms with E-state index in [4.69, 9.17) is 9.15 Å². The van der Waals surface area contributed by atoms with Crippen molar-refractivity contribution in [2.75, 3.05) is 12.0 Å². The second kappa shape index (κ2) is 8.22. The number of nitrogens with zero attached hydrogens (tertiary/aromatic N) is 2. The molecule has 2 aromatic heterocycles. The molecule has 4 aromatic rings. The van der Waals surface area contributed by atoms with Crippen molar-refractivity contribution in [1.29, 1.82) is 0 Å². The van der Waals surface area contributed by atoms with E-state index in [-0.39, 0.29) is 11.3 Å². The monoisotopic (exact) mass is 460 g/mol. The molecule has 1 unspecified atom stereocenters. The summed E-state index contributed by atoms with van der Waals surface area (Å²) in [6, 6.07) is 15.3. The van der Waals surface area contributed by atoms with E-state index in [1.165, 1.54) is 28.6 Å². The van der Waals surface area contributed by atoms with Gasteiger partial charge in [-0.05, 0) is 47.9 Å². The first kappa shape index (κ1) is 21.0. The maximum absolute atomic E-state index is 13.3. The average Bonchev–Trinajstić information content (AvgIpc) is 3.57. The van der Waals surface area contributed by atoms with Gasteiger partial charge < -0.3 is 14.3 Å². The quantitative estimate of drug-likeness (QED) is 0.396. The number of Topliss-reactive ketones (excluding diaryl/α,β-unsaturated/α-hetero) is 1. The van der Waals surface area contributed by atoms with E-state index in [1.807, 2.05) is 43.3 Å². The first-order chi connectivity index (χ1) is 16.0. The molecule has 1 aliphatic heterocycles. The number of rotatable bonds is 6. The van der Waals surface area contributed by atoms with Crippen LogP contribution in [0.3, 0.4) is 0 Å². The van der Waals surface area contributed by atoms with Crippen LogP contribution in [0.4, 0.5) is 5.13 Å². The minimum absolute atomic E-state index is 0.0314. The zero-order chi connectivity index (χ0) is 23.1. The Morgan fingerprint density at radius 1 is 1.21 bits per heavy atom. The predicted molar refractivity (Wildman–Crippen MR) is 125 cm³/mol. The molecule has 0 bridgehead atoms. The lowest BCUT2D eigenvalue weighted by atomic mass is 9.94. The molecule has 166 valence electrons.